The molecule has 116 valence electrons. The molecule has 2 unspecified atom stereocenters. The molecule has 4 nitrogen and oxygen atoms in total. The highest BCUT2D eigenvalue weighted by Crippen LogP contribution is 2.31. The average Bonchev–Trinajstić information content (AvgIpc) is 2.24. The van der Waals surface area contributed by atoms with Gasteiger partial charge in [-0.05, 0) is 49.5 Å². The molecule has 1 saturated heterocycles. The number of piperidine rings is 1. The first-order valence-electron chi connectivity index (χ1n) is 8.11. The second-order valence-electron chi connectivity index (χ2n) is 8.01. The molecular formula is C16H31N3O. The number of nitrogens with one attached hydrogen (secondary N) is 1. The molecule has 20 heavy (non-hydrogen) atoms. The molecule has 0 bridgehead atoms. The average molecular weight is 281 g/mol. The first kappa shape index (κ1) is 15.6. The van der Waals surface area contributed by atoms with Gasteiger partial charge in [-0.25, -0.2) is 4.79 Å². The fraction of sp³-hybridized carbons (Fsp3) is 0.938. The molecule has 0 spiro atoms. The van der Waals surface area contributed by atoms with Gasteiger partial charge in [-0.3, -0.25) is 0 Å². The maximum absolute atomic E-state index is 11.5. The maximum atomic E-state index is 11.5. The van der Waals surface area contributed by atoms with Crippen LogP contribution in [0, 0.1) is 17.3 Å². The van der Waals surface area contributed by atoms with E-state index in [1.807, 2.05) is 4.90 Å². The van der Waals surface area contributed by atoms with Crippen molar-refractivity contribution in [2.75, 3.05) is 19.6 Å². The van der Waals surface area contributed by atoms with E-state index in [9.17, 15) is 4.79 Å². The minimum atomic E-state index is -0.265. The normalized spacial score (nSPS) is 28.2. The fourth-order valence-electron chi connectivity index (χ4n) is 3.58. The molecule has 0 aromatic rings. The largest absolute Gasteiger partial charge is 0.351 e. The molecule has 2 fully saturated rings. The molecule has 2 rings (SSSR count). The molecule has 3 N–H and O–H groups in total. The van der Waals surface area contributed by atoms with Crippen molar-refractivity contribution in [1.82, 2.24) is 10.2 Å². The predicted molar refractivity (Wildman–Crippen MR) is 82.5 cm³/mol. The van der Waals surface area contributed by atoms with Crippen LogP contribution in [-0.4, -0.2) is 36.6 Å². The first-order chi connectivity index (χ1) is 9.33. The molecule has 1 aliphatic carbocycles. The third-order valence-corrected chi connectivity index (χ3v) is 4.67. The van der Waals surface area contributed by atoms with Gasteiger partial charge in [0.2, 0.25) is 0 Å². The topological polar surface area (TPSA) is 58.4 Å². The van der Waals surface area contributed by atoms with Gasteiger partial charge < -0.3 is 16.0 Å². The van der Waals surface area contributed by atoms with E-state index in [2.05, 4.69) is 26.1 Å². The lowest BCUT2D eigenvalue weighted by atomic mass is 9.79. The third kappa shape index (κ3) is 4.65. The molecular weight excluding hydrogens is 250 g/mol. The number of likely N-dealkylation sites (tertiary alicyclic amines) is 1. The van der Waals surface area contributed by atoms with Crippen molar-refractivity contribution >= 4 is 6.03 Å². The van der Waals surface area contributed by atoms with Gasteiger partial charge in [-0.2, -0.15) is 0 Å². The van der Waals surface area contributed by atoms with Crippen molar-refractivity contribution in [3.05, 3.63) is 0 Å². The Bertz CT molecular complexity index is 333. The van der Waals surface area contributed by atoms with Crippen LogP contribution >= 0.6 is 0 Å². The number of rotatable bonds is 4. The van der Waals surface area contributed by atoms with E-state index in [4.69, 9.17) is 5.73 Å². The van der Waals surface area contributed by atoms with E-state index < -0.39 is 0 Å². The summed E-state index contributed by atoms with van der Waals surface area (Å²) in [5.41, 5.74) is 5.82. The number of nitrogens with two attached hydrogens (primary N) is 1. The Balaban J connectivity index is 1.87. The lowest BCUT2D eigenvalue weighted by molar-refractivity contribution is 0.126. The molecule has 1 saturated carbocycles. The zero-order chi connectivity index (χ0) is 14.8. The summed E-state index contributed by atoms with van der Waals surface area (Å²) < 4.78 is 0. The van der Waals surface area contributed by atoms with Crippen LogP contribution in [0.3, 0.4) is 0 Å². The Hall–Kier alpha value is -0.770. The highest BCUT2D eigenvalue weighted by molar-refractivity contribution is 5.72. The lowest BCUT2D eigenvalue weighted by Gasteiger charge is -2.40. The number of hydrogen-bond acceptors (Lipinski definition) is 2. The van der Waals surface area contributed by atoms with E-state index in [0.717, 1.165) is 32.0 Å². The Morgan fingerprint density at radius 2 is 1.95 bits per heavy atom. The summed E-state index contributed by atoms with van der Waals surface area (Å²) in [6.07, 6.45) is 6.44. The highest BCUT2D eigenvalue weighted by Gasteiger charge is 2.31. The molecule has 0 radical (unpaired) electrons. The zero-order valence-corrected chi connectivity index (χ0v) is 13.3. The fourth-order valence-corrected chi connectivity index (χ4v) is 3.58. The van der Waals surface area contributed by atoms with Crippen LogP contribution in [0.1, 0.15) is 52.9 Å². The number of urea groups is 1. The van der Waals surface area contributed by atoms with Gasteiger partial charge in [0, 0.05) is 19.1 Å². The molecule has 0 aromatic heterocycles. The van der Waals surface area contributed by atoms with Crippen molar-refractivity contribution in [3.8, 4) is 0 Å². The standard InChI is InChI=1S/C16H31N3O/c1-16(2,3)8-13-7-14(11-19(10-13)15(17)20)18-9-12-5-4-6-12/h12-14,18H,4-11H2,1-3H3,(H2,17,20). The van der Waals surface area contributed by atoms with E-state index >= 15 is 0 Å². The summed E-state index contributed by atoms with van der Waals surface area (Å²) in [4.78, 5) is 13.4. The quantitative estimate of drug-likeness (QED) is 0.832. The van der Waals surface area contributed by atoms with Crippen molar-refractivity contribution in [1.29, 1.82) is 0 Å². The highest BCUT2D eigenvalue weighted by atomic mass is 16.2. The zero-order valence-electron chi connectivity index (χ0n) is 13.3. The van der Waals surface area contributed by atoms with Crippen LogP contribution in [0.25, 0.3) is 0 Å². The van der Waals surface area contributed by atoms with Gasteiger partial charge in [0.05, 0.1) is 0 Å². The van der Waals surface area contributed by atoms with Gasteiger partial charge in [-0.1, -0.05) is 27.2 Å². The van der Waals surface area contributed by atoms with Crippen molar-refractivity contribution in [2.45, 2.75) is 58.9 Å². The number of carbonyl (C=O) groups excluding carboxylic acids is 1. The van der Waals surface area contributed by atoms with Crippen LogP contribution in [-0.2, 0) is 0 Å². The Morgan fingerprint density at radius 3 is 2.45 bits per heavy atom. The summed E-state index contributed by atoms with van der Waals surface area (Å²) in [5, 5.41) is 3.67. The monoisotopic (exact) mass is 281 g/mol. The van der Waals surface area contributed by atoms with Crippen LogP contribution in [0.2, 0.25) is 0 Å². The summed E-state index contributed by atoms with van der Waals surface area (Å²) in [6, 6.07) is 0.156. The van der Waals surface area contributed by atoms with Gasteiger partial charge in [0.1, 0.15) is 0 Å². The Morgan fingerprint density at radius 1 is 1.25 bits per heavy atom. The summed E-state index contributed by atoms with van der Waals surface area (Å²) in [5.74, 6) is 1.43. The lowest BCUT2D eigenvalue weighted by Crippen LogP contribution is -2.54. The predicted octanol–water partition coefficient (Wildman–Crippen LogP) is 2.58. The van der Waals surface area contributed by atoms with Crippen LogP contribution in [0.4, 0.5) is 4.79 Å². The second kappa shape index (κ2) is 6.33. The number of nitrogens with zero attached hydrogens (tertiary/aromatic N) is 1. The van der Waals surface area contributed by atoms with Gasteiger partial charge in [-0.15, -0.1) is 0 Å². The number of hydrogen-bond donors (Lipinski definition) is 2. The number of carbonyl (C=O) groups is 1. The Kier molecular flexibility index (Phi) is 4.95. The summed E-state index contributed by atoms with van der Waals surface area (Å²) >= 11 is 0. The van der Waals surface area contributed by atoms with E-state index in [-0.39, 0.29) is 6.03 Å². The van der Waals surface area contributed by atoms with Gasteiger partial charge in [0.15, 0.2) is 0 Å². The van der Waals surface area contributed by atoms with Crippen LogP contribution in [0.15, 0.2) is 0 Å². The smallest absolute Gasteiger partial charge is 0.314 e. The van der Waals surface area contributed by atoms with Gasteiger partial charge >= 0.3 is 6.03 Å². The first-order valence-corrected chi connectivity index (χ1v) is 8.11. The summed E-state index contributed by atoms with van der Waals surface area (Å²) in [6.45, 7) is 9.53. The van der Waals surface area contributed by atoms with Crippen molar-refractivity contribution in [3.63, 3.8) is 0 Å². The summed E-state index contributed by atoms with van der Waals surface area (Å²) in [7, 11) is 0. The molecule has 2 amide bonds. The molecule has 2 aliphatic rings. The van der Waals surface area contributed by atoms with Gasteiger partial charge in [0.25, 0.3) is 0 Å². The number of amides is 2. The van der Waals surface area contributed by atoms with Crippen LogP contribution < -0.4 is 11.1 Å². The molecule has 0 aromatic carbocycles. The molecule has 1 heterocycles. The Labute approximate surface area is 123 Å². The second-order valence-corrected chi connectivity index (χ2v) is 8.01. The SMILES string of the molecule is CC(C)(C)CC1CC(NCC2CCC2)CN(C(N)=O)C1. The van der Waals surface area contributed by atoms with Crippen molar-refractivity contribution < 1.29 is 4.79 Å². The number of primary amides is 1. The molecule has 2 atom stereocenters. The van der Waals surface area contributed by atoms with E-state index in [0.29, 0.717) is 17.4 Å². The van der Waals surface area contributed by atoms with Crippen LogP contribution in [0.5, 0.6) is 0 Å². The minimum absolute atomic E-state index is 0.265. The van der Waals surface area contributed by atoms with Crippen molar-refractivity contribution in [2.24, 2.45) is 23.0 Å². The third-order valence-electron chi connectivity index (χ3n) is 4.67. The van der Waals surface area contributed by atoms with E-state index in [1.165, 1.54) is 25.7 Å². The molecule has 1 aliphatic heterocycles. The molecule has 4 heteroatoms. The maximum Gasteiger partial charge on any atom is 0.314 e. The van der Waals surface area contributed by atoms with E-state index in [1.54, 1.807) is 0 Å². The minimum Gasteiger partial charge on any atom is -0.351 e.